The van der Waals surface area contributed by atoms with Crippen molar-refractivity contribution >= 4 is 29.9 Å². The fraction of sp³-hybridized carbons (Fsp3) is 0.682. The van der Waals surface area contributed by atoms with Crippen LogP contribution >= 0.6 is 24.0 Å². The molecule has 1 atom stereocenters. The van der Waals surface area contributed by atoms with Crippen molar-refractivity contribution in [3.63, 3.8) is 0 Å². The Kier molecular flexibility index (Phi) is 11.7. The lowest BCUT2D eigenvalue weighted by molar-refractivity contribution is 0.0888. The van der Waals surface area contributed by atoms with Crippen molar-refractivity contribution in [2.45, 2.75) is 39.2 Å². The summed E-state index contributed by atoms with van der Waals surface area (Å²) in [5.74, 6) is 3.12. The molecule has 1 saturated carbocycles. The molecule has 1 unspecified atom stereocenters. The zero-order valence-corrected chi connectivity index (χ0v) is 19.9. The number of nitrogens with zero attached hydrogens (tertiary/aromatic N) is 1. The Morgan fingerprint density at radius 1 is 1.14 bits per heavy atom. The number of guanidine groups is 1. The Bertz CT molecular complexity index is 605. The van der Waals surface area contributed by atoms with Crippen molar-refractivity contribution in [1.29, 1.82) is 0 Å². The van der Waals surface area contributed by atoms with E-state index >= 15 is 0 Å². The molecule has 1 aromatic rings. The van der Waals surface area contributed by atoms with Crippen LogP contribution in [0.1, 0.15) is 38.2 Å². The van der Waals surface area contributed by atoms with E-state index in [0.717, 1.165) is 82.2 Å². The predicted octanol–water partition coefficient (Wildman–Crippen LogP) is 3.59. The highest BCUT2D eigenvalue weighted by atomic mass is 127. The Balaban J connectivity index is 0.00000300. The number of nitrogens with one attached hydrogen (secondary N) is 2. The summed E-state index contributed by atoms with van der Waals surface area (Å²) in [6, 6.07) is 8.20. The lowest BCUT2D eigenvalue weighted by Crippen LogP contribution is -2.38. The van der Waals surface area contributed by atoms with E-state index in [9.17, 15) is 0 Å². The molecule has 1 aliphatic carbocycles. The Morgan fingerprint density at radius 3 is 2.76 bits per heavy atom. The molecule has 0 radical (unpaired) electrons. The van der Waals surface area contributed by atoms with Gasteiger partial charge in [0.15, 0.2) is 5.96 Å². The van der Waals surface area contributed by atoms with Crippen molar-refractivity contribution in [3.05, 3.63) is 29.8 Å². The van der Waals surface area contributed by atoms with E-state index in [-0.39, 0.29) is 24.0 Å². The summed E-state index contributed by atoms with van der Waals surface area (Å²) in [5.41, 5.74) is 1.13. The first-order valence-corrected chi connectivity index (χ1v) is 10.7. The van der Waals surface area contributed by atoms with Crippen molar-refractivity contribution < 1.29 is 14.2 Å². The summed E-state index contributed by atoms with van der Waals surface area (Å²) in [4.78, 5) is 4.72. The molecule has 2 fully saturated rings. The standard InChI is InChI=1S/C22H35N3O3.HI/c1-2-23-22(24-11-5-12-26-15-19-10-13-27-16-19)25-14-20-6-3-4-7-21(20)28-17-18-8-9-18;/h3-4,6-7,18-19H,2,5,8-17H2,1H3,(H2,23,24,25);1H. The van der Waals surface area contributed by atoms with Gasteiger partial charge in [0.1, 0.15) is 5.75 Å². The number of aliphatic imine (C=N–C) groups is 1. The summed E-state index contributed by atoms with van der Waals surface area (Å²) < 4.78 is 17.1. The SMILES string of the molecule is CCNC(=NCc1ccccc1OCC1CC1)NCCCOCC1CCOC1.I. The summed E-state index contributed by atoms with van der Waals surface area (Å²) in [6.07, 6.45) is 4.68. The fourth-order valence-corrected chi connectivity index (χ4v) is 3.12. The van der Waals surface area contributed by atoms with E-state index in [1.54, 1.807) is 0 Å². The van der Waals surface area contributed by atoms with Gasteiger partial charge in [0, 0.05) is 37.8 Å². The van der Waals surface area contributed by atoms with E-state index in [0.29, 0.717) is 12.5 Å². The molecule has 7 heteroatoms. The fourth-order valence-electron chi connectivity index (χ4n) is 3.12. The van der Waals surface area contributed by atoms with Gasteiger partial charge in [-0.2, -0.15) is 0 Å². The van der Waals surface area contributed by atoms with E-state index in [1.165, 1.54) is 12.8 Å². The van der Waals surface area contributed by atoms with E-state index in [2.05, 4.69) is 23.6 Å². The minimum atomic E-state index is 0. The highest BCUT2D eigenvalue weighted by molar-refractivity contribution is 14.0. The van der Waals surface area contributed by atoms with Crippen molar-refractivity contribution in [1.82, 2.24) is 10.6 Å². The molecule has 1 heterocycles. The molecule has 29 heavy (non-hydrogen) atoms. The quantitative estimate of drug-likeness (QED) is 0.192. The molecule has 164 valence electrons. The molecule has 2 N–H and O–H groups in total. The van der Waals surface area contributed by atoms with Gasteiger partial charge in [-0.1, -0.05) is 18.2 Å². The van der Waals surface area contributed by atoms with Crippen molar-refractivity contribution in [2.24, 2.45) is 16.8 Å². The molecule has 1 saturated heterocycles. The third-order valence-corrected chi connectivity index (χ3v) is 5.03. The Morgan fingerprint density at radius 2 is 2.00 bits per heavy atom. The van der Waals surface area contributed by atoms with Crippen LogP contribution in [-0.2, 0) is 16.0 Å². The molecule has 1 aliphatic heterocycles. The second-order valence-corrected chi connectivity index (χ2v) is 7.64. The van der Waals surface area contributed by atoms with Gasteiger partial charge in [-0.15, -0.1) is 24.0 Å². The van der Waals surface area contributed by atoms with Crippen LogP contribution in [0.4, 0.5) is 0 Å². The Hall–Kier alpha value is -1.06. The normalized spacial score (nSPS) is 18.9. The molecule has 0 amide bonds. The summed E-state index contributed by atoms with van der Waals surface area (Å²) in [5, 5.41) is 6.70. The predicted molar refractivity (Wildman–Crippen MR) is 127 cm³/mol. The minimum absolute atomic E-state index is 0. The second kappa shape index (κ2) is 14.0. The highest BCUT2D eigenvalue weighted by Crippen LogP contribution is 2.30. The number of hydrogen-bond acceptors (Lipinski definition) is 4. The van der Waals surface area contributed by atoms with Crippen LogP contribution in [0.2, 0.25) is 0 Å². The van der Waals surface area contributed by atoms with Crippen LogP contribution in [0.15, 0.2) is 29.3 Å². The van der Waals surface area contributed by atoms with Crippen LogP contribution in [0.25, 0.3) is 0 Å². The molecule has 1 aromatic carbocycles. The molecule has 0 spiro atoms. The summed E-state index contributed by atoms with van der Waals surface area (Å²) in [6.45, 7) is 8.49. The van der Waals surface area contributed by atoms with E-state index in [1.807, 2.05) is 18.2 Å². The molecule has 6 nitrogen and oxygen atoms in total. The van der Waals surface area contributed by atoms with Crippen LogP contribution < -0.4 is 15.4 Å². The molecule has 0 bridgehead atoms. The number of benzene rings is 1. The lowest BCUT2D eigenvalue weighted by atomic mass is 10.1. The summed E-state index contributed by atoms with van der Waals surface area (Å²) in [7, 11) is 0. The van der Waals surface area contributed by atoms with Gasteiger partial charge in [0.25, 0.3) is 0 Å². The van der Waals surface area contributed by atoms with Crippen LogP contribution in [-0.4, -0.2) is 52.1 Å². The second-order valence-electron chi connectivity index (χ2n) is 7.64. The third-order valence-electron chi connectivity index (χ3n) is 5.03. The van der Waals surface area contributed by atoms with Crippen molar-refractivity contribution in [3.8, 4) is 5.75 Å². The van der Waals surface area contributed by atoms with Crippen LogP contribution in [0.3, 0.4) is 0 Å². The minimum Gasteiger partial charge on any atom is -0.493 e. The van der Waals surface area contributed by atoms with Gasteiger partial charge in [-0.25, -0.2) is 4.99 Å². The average Bonchev–Trinajstić information content (AvgIpc) is 3.40. The first-order chi connectivity index (χ1) is 13.8. The maximum atomic E-state index is 5.99. The first kappa shape index (κ1) is 24.2. The lowest BCUT2D eigenvalue weighted by Gasteiger charge is -2.13. The zero-order valence-electron chi connectivity index (χ0n) is 17.5. The van der Waals surface area contributed by atoms with Gasteiger partial charge in [0.2, 0.25) is 0 Å². The molecule has 2 aliphatic rings. The van der Waals surface area contributed by atoms with Crippen LogP contribution in [0, 0.1) is 11.8 Å². The topological polar surface area (TPSA) is 64.1 Å². The molecule has 0 aromatic heterocycles. The van der Waals surface area contributed by atoms with E-state index in [4.69, 9.17) is 19.2 Å². The third kappa shape index (κ3) is 9.53. The average molecular weight is 517 g/mol. The maximum Gasteiger partial charge on any atom is 0.191 e. The van der Waals surface area contributed by atoms with Gasteiger partial charge < -0.3 is 24.8 Å². The number of halogens is 1. The smallest absolute Gasteiger partial charge is 0.191 e. The molecule has 3 rings (SSSR count). The largest absolute Gasteiger partial charge is 0.493 e. The van der Waals surface area contributed by atoms with Gasteiger partial charge in [-0.3, -0.25) is 0 Å². The van der Waals surface area contributed by atoms with Gasteiger partial charge >= 0.3 is 0 Å². The number of ether oxygens (including phenoxy) is 3. The number of hydrogen-bond donors (Lipinski definition) is 2. The van der Waals surface area contributed by atoms with Gasteiger partial charge in [0.05, 0.1) is 26.4 Å². The summed E-state index contributed by atoms with van der Waals surface area (Å²) >= 11 is 0. The zero-order chi connectivity index (χ0) is 19.4. The highest BCUT2D eigenvalue weighted by Gasteiger charge is 2.22. The van der Waals surface area contributed by atoms with Crippen molar-refractivity contribution in [2.75, 3.05) is 46.1 Å². The van der Waals surface area contributed by atoms with E-state index < -0.39 is 0 Å². The molecular weight excluding hydrogens is 481 g/mol. The first-order valence-electron chi connectivity index (χ1n) is 10.7. The maximum absolute atomic E-state index is 5.99. The van der Waals surface area contributed by atoms with Gasteiger partial charge in [-0.05, 0) is 44.6 Å². The Labute approximate surface area is 192 Å². The number of para-hydroxylation sites is 1. The monoisotopic (exact) mass is 517 g/mol. The van der Waals surface area contributed by atoms with Crippen LogP contribution in [0.5, 0.6) is 5.75 Å². The molecular formula is C22H36IN3O3. The number of rotatable bonds is 12.